The Hall–Kier alpha value is -0.830. The fraction of sp³-hybridized carbons (Fsp3) is 0.750. The molecule has 1 atom stereocenters. The van der Waals surface area contributed by atoms with E-state index in [1.165, 1.54) is 24.1 Å². The first-order valence-corrected chi connectivity index (χ1v) is 6.00. The smallest absolute Gasteiger partial charge is 0.0524 e. The predicted molar refractivity (Wildman–Crippen MR) is 61.8 cm³/mol. The summed E-state index contributed by atoms with van der Waals surface area (Å²) < 4.78 is 2.16. The summed E-state index contributed by atoms with van der Waals surface area (Å²) in [6.07, 6.45) is 5.82. The quantitative estimate of drug-likeness (QED) is 0.801. The van der Waals surface area contributed by atoms with Gasteiger partial charge in [0.25, 0.3) is 0 Å². The Balaban J connectivity index is 2.18. The van der Waals surface area contributed by atoms with Gasteiger partial charge in [-0.1, -0.05) is 6.92 Å². The molecule has 1 aliphatic carbocycles. The Morgan fingerprint density at radius 1 is 1.60 bits per heavy atom. The van der Waals surface area contributed by atoms with Crippen LogP contribution in [0, 0.1) is 5.92 Å². The molecule has 0 aliphatic heterocycles. The molecule has 1 aromatic rings. The number of hydrogen-bond donors (Lipinski definition) is 1. The highest BCUT2D eigenvalue weighted by atomic mass is 15.3. The summed E-state index contributed by atoms with van der Waals surface area (Å²) in [5.41, 5.74) is 8.59. The molecule has 1 fully saturated rings. The third kappa shape index (κ3) is 2.23. The van der Waals surface area contributed by atoms with Crippen molar-refractivity contribution in [2.75, 3.05) is 6.54 Å². The van der Waals surface area contributed by atoms with Crippen LogP contribution in [0.1, 0.15) is 43.9 Å². The zero-order valence-electron chi connectivity index (χ0n) is 9.74. The molecular weight excluding hydrogens is 186 g/mol. The maximum atomic E-state index is 5.67. The molecule has 1 aromatic heterocycles. The molecule has 0 radical (unpaired) electrons. The van der Waals surface area contributed by atoms with E-state index in [-0.39, 0.29) is 0 Å². The van der Waals surface area contributed by atoms with Crippen molar-refractivity contribution in [3.63, 3.8) is 0 Å². The third-order valence-electron chi connectivity index (χ3n) is 3.19. The molecular formula is C12H21N3. The van der Waals surface area contributed by atoms with Gasteiger partial charge in [-0.15, -0.1) is 0 Å². The average molecular weight is 207 g/mol. The van der Waals surface area contributed by atoms with Gasteiger partial charge < -0.3 is 5.73 Å². The van der Waals surface area contributed by atoms with Crippen LogP contribution in [0.25, 0.3) is 0 Å². The molecule has 1 saturated carbocycles. The molecule has 1 unspecified atom stereocenters. The first kappa shape index (κ1) is 10.7. The van der Waals surface area contributed by atoms with E-state index in [0.29, 0.717) is 5.92 Å². The lowest BCUT2D eigenvalue weighted by molar-refractivity contribution is 0.581. The minimum absolute atomic E-state index is 0.567. The lowest BCUT2D eigenvalue weighted by Crippen LogP contribution is -2.14. The maximum absolute atomic E-state index is 5.67. The summed E-state index contributed by atoms with van der Waals surface area (Å²) >= 11 is 0. The van der Waals surface area contributed by atoms with Gasteiger partial charge >= 0.3 is 0 Å². The Labute approximate surface area is 91.7 Å². The molecule has 0 spiro atoms. The summed E-state index contributed by atoms with van der Waals surface area (Å²) in [4.78, 5) is 0. The first-order chi connectivity index (χ1) is 7.26. The Morgan fingerprint density at radius 3 is 2.87 bits per heavy atom. The van der Waals surface area contributed by atoms with E-state index in [0.717, 1.165) is 25.4 Å². The Kier molecular flexibility index (Phi) is 3.10. The molecule has 2 rings (SSSR count). The molecule has 0 saturated heterocycles. The highest BCUT2D eigenvalue weighted by Gasteiger charge is 2.29. The Bertz CT molecular complexity index is 326. The summed E-state index contributed by atoms with van der Waals surface area (Å²) in [5, 5.41) is 4.46. The van der Waals surface area contributed by atoms with Gasteiger partial charge in [0.2, 0.25) is 0 Å². The fourth-order valence-corrected chi connectivity index (χ4v) is 2.13. The summed E-state index contributed by atoms with van der Waals surface area (Å²) in [7, 11) is 0. The number of aromatic nitrogens is 2. The fourth-order valence-electron chi connectivity index (χ4n) is 2.13. The highest BCUT2D eigenvalue weighted by molar-refractivity contribution is 5.26. The molecule has 3 nitrogen and oxygen atoms in total. The van der Waals surface area contributed by atoms with E-state index in [4.69, 9.17) is 5.73 Å². The topological polar surface area (TPSA) is 43.8 Å². The van der Waals surface area contributed by atoms with Crippen LogP contribution in [0.3, 0.4) is 0 Å². The number of hydrogen-bond acceptors (Lipinski definition) is 2. The number of aryl methyl sites for hydroxylation is 1. The first-order valence-electron chi connectivity index (χ1n) is 6.00. The van der Waals surface area contributed by atoms with Crippen LogP contribution >= 0.6 is 0 Å². The van der Waals surface area contributed by atoms with Crippen LogP contribution in [0.5, 0.6) is 0 Å². The standard InChI is InChI=1S/C12H21N3/c1-3-15-12(10-4-5-10)11(8-14-15)6-9(2)7-13/h8-10H,3-7,13H2,1-2H3. The Morgan fingerprint density at radius 2 is 2.33 bits per heavy atom. The second-order valence-corrected chi connectivity index (χ2v) is 4.69. The SMILES string of the molecule is CCn1ncc(CC(C)CN)c1C1CC1. The minimum Gasteiger partial charge on any atom is -0.330 e. The van der Waals surface area contributed by atoms with E-state index >= 15 is 0 Å². The van der Waals surface area contributed by atoms with Gasteiger partial charge in [-0.25, -0.2) is 0 Å². The van der Waals surface area contributed by atoms with Gasteiger partial charge in [-0.2, -0.15) is 5.10 Å². The third-order valence-corrected chi connectivity index (χ3v) is 3.19. The van der Waals surface area contributed by atoms with Crippen molar-refractivity contribution in [2.45, 2.75) is 45.6 Å². The van der Waals surface area contributed by atoms with Crippen LogP contribution in [-0.2, 0) is 13.0 Å². The van der Waals surface area contributed by atoms with Gasteiger partial charge in [0.1, 0.15) is 0 Å². The summed E-state index contributed by atoms with van der Waals surface area (Å²) in [6.45, 7) is 6.12. The van der Waals surface area contributed by atoms with Crippen LogP contribution in [0.2, 0.25) is 0 Å². The lowest BCUT2D eigenvalue weighted by atomic mass is 10.0. The summed E-state index contributed by atoms with van der Waals surface area (Å²) in [6, 6.07) is 0. The second kappa shape index (κ2) is 4.35. The summed E-state index contributed by atoms with van der Waals surface area (Å²) in [5.74, 6) is 1.35. The molecule has 0 amide bonds. The van der Waals surface area contributed by atoms with Crippen LogP contribution in [-0.4, -0.2) is 16.3 Å². The van der Waals surface area contributed by atoms with Crippen LogP contribution < -0.4 is 5.73 Å². The van der Waals surface area contributed by atoms with Crippen molar-refractivity contribution in [3.8, 4) is 0 Å². The van der Waals surface area contributed by atoms with Crippen molar-refractivity contribution in [2.24, 2.45) is 11.7 Å². The molecule has 1 heterocycles. The van der Waals surface area contributed by atoms with Gasteiger partial charge in [-0.05, 0) is 44.2 Å². The zero-order valence-corrected chi connectivity index (χ0v) is 9.74. The van der Waals surface area contributed by atoms with Gasteiger partial charge in [0, 0.05) is 18.2 Å². The van der Waals surface area contributed by atoms with Crippen LogP contribution in [0.4, 0.5) is 0 Å². The number of nitrogens with zero attached hydrogens (tertiary/aromatic N) is 2. The van der Waals surface area contributed by atoms with Crippen LogP contribution in [0.15, 0.2) is 6.20 Å². The van der Waals surface area contributed by atoms with Crippen molar-refractivity contribution in [1.29, 1.82) is 0 Å². The van der Waals surface area contributed by atoms with Crippen molar-refractivity contribution < 1.29 is 0 Å². The molecule has 0 aromatic carbocycles. The monoisotopic (exact) mass is 207 g/mol. The van der Waals surface area contributed by atoms with Gasteiger partial charge in [-0.3, -0.25) is 4.68 Å². The largest absolute Gasteiger partial charge is 0.330 e. The average Bonchev–Trinajstić information content (AvgIpc) is 3.00. The molecule has 0 bridgehead atoms. The molecule has 2 N–H and O–H groups in total. The maximum Gasteiger partial charge on any atom is 0.0524 e. The van der Waals surface area contributed by atoms with E-state index in [9.17, 15) is 0 Å². The van der Waals surface area contributed by atoms with E-state index in [1.807, 2.05) is 6.20 Å². The molecule has 1 aliphatic rings. The van der Waals surface area contributed by atoms with Crippen molar-refractivity contribution in [3.05, 3.63) is 17.5 Å². The minimum atomic E-state index is 0.567. The number of rotatable bonds is 5. The molecule has 3 heteroatoms. The zero-order chi connectivity index (χ0) is 10.8. The van der Waals surface area contributed by atoms with E-state index in [2.05, 4.69) is 23.6 Å². The van der Waals surface area contributed by atoms with Gasteiger partial charge in [0.15, 0.2) is 0 Å². The van der Waals surface area contributed by atoms with Crippen molar-refractivity contribution in [1.82, 2.24) is 9.78 Å². The van der Waals surface area contributed by atoms with E-state index < -0.39 is 0 Å². The van der Waals surface area contributed by atoms with Gasteiger partial charge in [0.05, 0.1) is 6.20 Å². The highest BCUT2D eigenvalue weighted by Crippen LogP contribution is 2.42. The van der Waals surface area contributed by atoms with E-state index in [1.54, 1.807) is 0 Å². The second-order valence-electron chi connectivity index (χ2n) is 4.69. The van der Waals surface area contributed by atoms with Crippen molar-refractivity contribution >= 4 is 0 Å². The molecule has 84 valence electrons. The lowest BCUT2D eigenvalue weighted by Gasteiger charge is -2.10. The normalized spacial score (nSPS) is 18.1. The molecule has 15 heavy (non-hydrogen) atoms. The number of nitrogens with two attached hydrogens (primary N) is 1. The predicted octanol–water partition coefficient (Wildman–Crippen LogP) is 1.92.